The molecule has 5 nitrogen and oxygen atoms in total. The van der Waals surface area contributed by atoms with E-state index in [0.29, 0.717) is 6.10 Å². The number of halogens is 4. The lowest BCUT2D eigenvalue weighted by Gasteiger charge is -2.00. The van der Waals surface area contributed by atoms with Gasteiger partial charge in [-0.1, -0.05) is 53.8 Å². The van der Waals surface area contributed by atoms with Gasteiger partial charge in [-0.05, 0) is 112 Å². The average Bonchev–Trinajstić information content (AvgIpc) is 3.71. The lowest BCUT2D eigenvalue weighted by atomic mass is 10.1. The number of aromatic nitrogens is 3. The third-order valence-corrected chi connectivity index (χ3v) is 8.37. The maximum atomic E-state index is 5.82. The number of aromatic amines is 1. The molecule has 45 heavy (non-hydrogen) atoms. The summed E-state index contributed by atoms with van der Waals surface area (Å²) >= 11 is 24.9. The standard InChI is InChI=1S/C9H9ClO.C9H7ClO.C8H7ClN2.C8H6ClNS.CH4.H2/c2*1-6-4-7-5-8(10)2-3-9(7)11-6;1-5-10-7-3-2-6(9)4-8(7)11-5;1-5-10-7-4-6(9)2-3-8(7)11-5;;/h2-3,5-6H,4H2,1H3;2-5H,1H3;2-4H,1H3,(H,10,11);2-4H,1H3;1H4;1H. The van der Waals surface area contributed by atoms with Crippen molar-refractivity contribution >= 4 is 90.0 Å². The van der Waals surface area contributed by atoms with E-state index >= 15 is 0 Å². The first-order valence-electron chi connectivity index (χ1n) is 13.8. The molecule has 0 radical (unpaired) electrons. The van der Waals surface area contributed by atoms with Crippen molar-refractivity contribution < 1.29 is 10.6 Å². The van der Waals surface area contributed by atoms with Gasteiger partial charge < -0.3 is 14.1 Å². The number of ether oxygens (including phenoxy) is 1. The molecular weight excluding hydrogens is 668 g/mol. The Hall–Kier alpha value is -3.26. The molecule has 0 spiro atoms. The van der Waals surface area contributed by atoms with Gasteiger partial charge in [-0.25, -0.2) is 9.97 Å². The highest BCUT2D eigenvalue weighted by molar-refractivity contribution is 7.18. The number of thiazole rings is 1. The highest BCUT2D eigenvalue weighted by Gasteiger charge is 2.18. The van der Waals surface area contributed by atoms with Gasteiger partial charge in [-0.3, -0.25) is 0 Å². The molecule has 0 saturated carbocycles. The van der Waals surface area contributed by atoms with Crippen LogP contribution in [-0.4, -0.2) is 21.1 Å². The summed E-state index contributed by atoms with van der Waals surface area (Å²) in [7, 11) is 0. The lowest BCUT2D eigenvalue weighted by molar-refractivity contribution is 0.254. The minimum absolute atomic E-state index is 0. The summed E-state index contributed by atoms with van der Waals surface area (Å²) in [4.78, 5) is 11.7. The van der Waals surface area contributed by atoms with Crippen LogP contribution in [0.4, 0.5) is 0 Å². The van der Waals surface area contributed by atoms with Crippen LogP contribution in [0, 0.1) is 20.8 Å². The number of nitrogens with zero attached hydrogens (tertiary/aromatic N) is 2. The van der Waals surface area contributed by atoms with Gasteiger partial charge in [-0.2, -0.15) is 0 Å². The second kappa shape index (κ2) is 15.4. The number of hydrogen-bond donors (Lipinski definition) is 1. The molecule has 0 saturated heterocycles. The van der Waals surface area contributed by atoms with Gasteiger partial charge in [0.1, 0.15) is 29.0 Å². The Morgan fingerprint density at radius 1 is 0.778 bits per heavy atom. The summed E-state index contributed by atoms with van der Waals surface area (Å²) in [5, 5.41) is 5.18. The van der Waals surface area contributed by atoms with Crippen LogP contribution in [0.5, 0.6) is 5.75 Å². The first kappa shape index (κ1) is 34.6. The molecule has 1 atom stereocenters. The largest absolute Gasteiger partial charge is 0.490 e. The monoisotopic (exact) mass is 701 g/mol. The van der Waals surface area contributed by atoms with Gasteiger partial charge >= 0.3 is 0 Å². The summed E-state index contributed by atoms with van der Waals surface area (Å²) in [6.45, 7) is 7.91. The van der Waals surface area contributed by atoms with E-state index in [0.717, 1.165) is 76.4 Å². The van der Waals surface area contributed by atoms with E-state index in [1.165, 1.54) is 10.3 Å². The van der Waals surface area contributed by atoms with Gasteiger partial charge in [0.15, 0.2) is 0 Å². The van der Waals surface area contributed by atoms with E-state index in [1.54, 1.807) is 11.3 Å². The van der Waals surface area contributed by atoms with Crippen LogP contribution < -0.4 is 4.74 Å². The topological polar surface area (TPSA) is 63.9 Å². The molecule has 1 aliphatic rings. The van der Waals surface area contributed by atoms with Crippen LogP contribution in [-0.2, 0) is 6.42 Å². The predicted molar refractivity (Wildman–Crippen MR) is 195 cm³/mol. The van der Waals surface area contributed by atoms with Gasteiger partial charge in [0.05, 0.1) is 26.3 Å². The molecule has 236 valence electrons. The number of imidazole rings is 1. The molecule has 1 unspecified atom stereocenters. The molecular formula is C35H35Cl4N3O2S. The van der Waals surface area contributed by atoms with Crippen molar-refractivity contribution in [2.45, 2.75) is 47.6 Å². The smallest absolute Gasteiger partial charge is 0.134 e. The Kier molecular flexibility index (Phi) is 11.8. The van der Waals surface area contributed by atoms with Crippen molar-refractivity contribution in [2.75, 3.05) is 0 Å². The van der Waals surface area contributed by atoms with Crippen LogP contribution in [0.2, 0.25) is 20.1 Å². The zero-order valence-corrected chi connectivity index (χ0v) is 28.3. The third kappa shape index (κ3) is 9.38. The molecule has 7 aromatic rings. The van der Waals surface area contributed by atoms with Crippen LogP contribution in [0.3, 0.4) is 0 Å². The van der Waals surface area contributed by atoms with E-state index in [9.17, 15) is 0 Å². The lowest BCUT2D eigenvalue weighted by Crippen LogP contribution is -2.05. The fraction of sp³-hybridized carbons (Fsp3) is 0.200. The number of rotatable bonds is 0. The Bertz CT molecular complexity index is 1870. The fourth-order valence-electron chi connectivity index (χ4n) is 4.66. The number of nitrogens with one attached hydrogen (secondary N) is 1. The van der Waals surface area contributed by atoms with Gasteiger partial charge in [-0.15, -0.1) is 11.3 Å². The van der Waals surface area contributed by atoms with Crippen molar-refractivity contribution in [3.05, 3.63) is 121 Å². The van der Waals surface area contributed by atoms with Gasteiger partial charge in [0, 0.05) is 33.3 Å². The molecule has 4 heterocycles. The van der Waals surface area contributed by atoms with Crippen molar-refractivity contribution in [3.63, 3.8) is 0 Å². The summed E-state index contributed by atoms with van der Waals surface area (Å²) in [5.41, 5.74) is 5.08. The van der Waals surface area contributed by atoms with Gasteiger partial charge in [0.2, 0.25) is 0 Å². The molecule has 1 aliphatic heterocycles. The molecule has 3 aromatic heterocycles. The summed E-state index contributed by atoms with van der Waals surface area (Å²) in [6.07, 6.45) is 1.29. The van der Waals surface area contributed by atoms with Crippen molar-refractivity contribution in [1.82, 2.24) is 15.0 Å². The SMILES string of the molecule is C.CC1Cc2cc(Cl)ccc2O1.Cc1cc2cc(Cl)ccc2o1.Cc1nc2cc(Cl)ccc2s1.Cc1nc2ccc(Cl)cc2[nH]1.[HH]. The Labute approximate surface area is 288 Å². The molecule has 8 rings (SSSR count). The first-order chi connectivity index (χ1) is 21.0. The third-order valence-electron chi connectivity index (χ3n) is 6.48. The van der Waals surface area contributed by atoms with E-state index in [1.807, 2.05) is 99.6 Å². The Morgan fingerprint density at radius 2 is 1.44 bits per heavy atom. The van der Waals surface area contributed by atoms with E-state index in [-0.39, 0.29) is 8.85 Å². The summed E-state index contributed by atoms with van der Waals surface area (Å²) < 4.78 is 12.1. The number of furan rings is 1. The quantitative estimate of drug-likeness (QED) is 0.171. The second-order valence-corrected chi connectivity index (χ2v) is 13.2. The van der Waals surface area contributed by atoms with E-state index in [2.05, 4.69) is 21.9 Å². The number of fused-ring (bicyclic) bond motifs is 4. The maximum absolute atomic E-state index is 5.82. The number of hydrogen-bond acceptors (Lipinski definition) is 5. The molecule has 0 amide bonds. The Morgan fingerprint density at radius 3 is 2.24 bits per heavy atom. The molecule has 0 bridgehead atoms. The Balaban J connectivity index is 0.000000165. The average molecular weight is 704 g/mol. The summed E-state index contributed by atoms with van der Waals surface area (Å²) in [5.74, 6) is 2.83. The zero-order valence-electron chi connectivity index (χ0n) is 24.4. The number of aryl methyl sites for hydroxylation is 3. The highest BCUT2D eigenvalue weighted by atomic mass is 35.5. The molecule has 1 N–H and O–H groups in total. The summed E-state index contributed by atoms with van der Waals surface area (Å²) in [6, 6.07) is 24.7. The van der Waals surface area contributed by atoms with Crippen LogP contribution in [0.15, 0.2) is 83.3 Å². The normalized spacial score (nSPS) is 13.0. The number of H-pyrrole nitrogens is 1. The van der Waals surface area contributed by atoms with E-state index in [4.69, 9.17) is 55.6 Å². The second-order valence-electron chi connectivity index (χ2n) is 10.3. The minimum atomic E-state index is 0. The molecule has 4 aromatic carbocycles. The number of benzene rings is 4. The predicted octanol–water partition coefficient (Wildman–Crippen LogP) is 12.7. The van der Waals surface area contributed by atoms with Crippen LogP contribution in [0.25, 0.3) is 32.2 Å². The fourth-order valence-corrected chi connectivity index (χ4v) is 6.18. The minimum Gasteiger partial charge on any atom is -0.490 e. The van der Waals surface area contributed by atoms with Crippen molar-refractivity contribution in [2.24, 2.45) is 0 Å². The van der Waals surface area contributed by atoms with Crippen LogP contribution in [0.1, 0.15) is 37.9 Å². The van der Waals surface area contributed by atoms with Crippen molar-refractivity contribution in [1.29, 1.82) is 0 Å². The first-order valence-corrected chi connectivity index (χ1v) is 16.1. The van der Waals surface area contributed by atoms with Gasteiger partial charge in [0.25, 0.3) is 0 Å². The molecule has 0 fully saturated rings. The van der Waals surface area contributed by atoms with Crippen molar-refractivity contribution in [3.8, 4) is 5.75 Å². The highest BCUT2D eigenvalue weighted by Crippen LogP contribution is 2.30. The molecule has 10 heteroatoms. The molecule has 0 aliphatic carbocycles. The van der Waals surface area contributed by atoms with Crippen LogP contribution >= 0.6 is 57.7 Å². The van der Waals surface area contributed by atoms with E-state index < -0.39 is 0 Å². The maximum Gasteiger partial charge on any atom is 0.134 e. The zero-order chi connectivity index (χ0) is 31.4.